The number of fused-ring (bicyclic) bond motifs is 1. The summed E-state index contributed by atoms with van der Waals surface area (Å²) in [6, 6.07) is 11.9. The van der Waals surface area contributed by atoms with Crippen LogP contribution in [0.15, 0.2) is 48.9 Å². The van der Waals surface area contributed by atoms with E-state index in [9.17, 15) is 4.79 Å². The number of aromatic nitrogens is 4. The number of nitrogens with zero attached hydrogens (tertiary/aromatic N) is 4. The first-order chi connectivity index (χ1) is 12.6. The maximum absolute atomic E-state index is 12.6. The molecule has 26 heavy (non-hydrogen) atoms. The standard InChI is InChI=1S/C19H17N5OS/c1-12-8-15(22-11-21-12)9-20-18(25)17-13(2)24-10-16(23-19(24)26-17)14-6-4-3-5-7-14/h3-8,10-11H,9H2,1-2H3,(H,20,25). The van der Waals surface area contributed by atoms with Crippen LogP contribution < -0.4 is 5.32 Å². The Morgan fingerprint density at radius 3 is 2.73 bits per heavy atom. The number of rotatable bonds is 4. The zero-order valence-electron chi connectivity index (χ0n) is 14.4. The second kappa shape index (κ2) is 6.68. The predicted octanol–water partition coefficient (Wildman–Crippen LogP) is 3.40. The molecular formula is C19H17N5OS. The van der Waals surface area contributed by atoms with Gasteiger partial charge in [-0.3, -0.25) is 9.20 Å². The Labute approximate surface area is 154 Å². The van der Waals surface area contributed by atoms with E-state index < -0.39 is 0 Å². The second-order valence-corrected chi connectivity index (χ2v) is 6.97. The van der Waals surface area contributed by atoms with E-state index in [0.29, 0.717) is 11.4 Å². The fourth-order valence-electron chi connectivity index (χ4n) is 2.77. The molecule has 1 aromatic carbocycles. The fraction of sp³-hybridized carbons (Fsp3) is 0.158. The van der Waals surface area contributed by atoms with Gasteiger partial charge in [0.15, 0.2) is 4.96 Å². The van der Waals surface area contributed by atoms with Crippen LogP contribution in [0.4, 0.5) is 0 Å². The molecule has 1 amide bonds. The molecule has 3 aromatic heterocycles. The van der Waals surface area contributed by atoms with Crippen molar-refractivity contribution in [2.45, 2.75) is 20.4 Å². The average Bonchev–Trinajstić information content (AvgIpc) is 3.20. The van der Waals surface area contributed by atoms with Gasteiger partial charge in [-0.2, -0.15) is 0 Å². The minimum absolute atomic E-state index is 0.115. The number of imidazole rings is 1. The van der Waals surface area contributed by atoms with E-state index in [2.05, 4.69) is 20.3 Å². The highest BCUT2D eigenvalue weighted by atomic mass is 32.1. The Balaban J connectivity index is 1.56. The highest BCUT2D eigenvalue weighted by Crippen LogP contribution is 2.27. The lowest BCUT2D eigenvalue weighted by Gasteiger charge is -2.04. The highest BCUT2D eigenvalue weighted by molar-refractivity contribution is 7.19. The van der Waals surface area contributed by atoms with Crippen LogP contribution in [-0.2, 0) is 6.54 Å². The molecule has 0 aliphatic carbocycles. The lowest BCUT2D eigenvalue weighted by molar-refractivity contribution is 0.0953. The summed E-state index contributed by atoms with van der Waals surface area (Å²) in [4.78, 5) is 26.9. The Bertz CT molecular complexity index is 1080. The van der Waals surface area contributed by atoms with Gasteiger partial charge in [-0.15, -0.1) is 0 Å². The van der Waals surface area contributed by atoms with Crippen LogP contribution in [0.3, 0.4) is 0 Å². The second-order valence-electron chi connectivity index (χ2n) is 5.99. The van der Waals surface area contributed by atoms with Crippen molar-refractivity contribution < 1.29 is 4.79 Å². The molecule has 0 unspecified atom stereocenters. The molecule has 0 aliphatic rings. The van der Waals surface area contributed by atoms with Crippen molar-refractivity contribution in [1.82, 2.24) is 24.7 Å². The largest absolute Gasteiger partial charge is 0.346 e. The summed E-state index contributed by atoms with van der Waals surface area (Å²) in [6.07, 6.45) is 3.48. The molecule has 0 radical (unpaired) electrons. The number of hydrogen-bond donors (Lipinski definition) is 1. The molecule has 1 N–H and O–H groups in total. The molecule has 4 rings (SSSR count). The van der Waals surface area contributed by atoms with Gasteiger partial charge in [0.25, 0.3) is 5.91 Å². The molecule has 0 bridgehead atoms. The molecule has 0 fully saturated rings. The zero-order valence-corrected chi connectivity index (χ0v) is 15.2. The zero-order chi connectivity index (χ0) is 18.1. The summed E-state index contributed by atoms with van der Waals surface area (Å²) in [5.74, 6) is -0.115. The first-order valence-electron chi connectivity index (χ1n) is 8.21. The van der Waals surface area contributed by atoms with Crippen LogP contribution in [0, 0.1) is 13.8 Å². The monoisotopic (exact) mass is 363 g/mol. The number of hydrogen-bond acceptors (Lipinski definition) is 5. The van der Waals surface area contributed by atoms with Gasteiger partial charge < -0.3 is 5.32 Å². The van der Waals surface area contributed by atoms with E-state index in [-0.39, 0.29) is 5.91 Å². The minimum atomic E-state index is -0.115. The first kappa shape index (κ1) is 16.4. The van der Waals surface area contributed by atoms with Gasteiger partial charge in [0.1, 0.15) is 11.2 Å². The molecule has 4 aromatic rings. The summed E-state index contributed by atoms with van der Waals surface area (Å²) in [7, 11) is 0. The van der Waals surface area contributed by atoms with Crippen LogP contribution >= 0.6 is 11.3 Å². The third-order valence-corrected chi connectivity index (χ3v) is 5.28. The van der Waals surface area contributed by atoms with Gasteiger partial charge >= 0.3 is 0 Å². The van der Waals surface area contributed by atoms with Gasteiger partial charge in [-0.1, -0.05) is 41.7 Å². The molecule has 3 heterocycles. The molecule has 130 valence electrons. The average molecular weight is 363 g/mol. The summed E-state index contributed by atoms with van der Waals surface area (Å²) < 4.78 is 1.97. The molecule has 0 atom stereocenters. The quantitative estimate of drug-likeness (QED) is 0.603. The van der Waals surface area contributed by atoms with Gasteiger partial charge in [0.05, 0.1) is 17.9 Å². The Kier molecular flexibility index (Phi) is 4.22. The number of carbonyl (C=O) groups is 1. The number of thiazole rings is 1. The number of carbonyl (C=O) groups excluding carboxylic acids is 1. The Hall–Kier alpha value is -3.06. The Morgan fingerprint density at radius 2 is 2.00 bits per heavy atom. The van der Waals surface area contributed by atoms with Gasteiger partial charge in [0, 0.05) is 23.1 Å². The van der Waals surface area contributed by atoms with Gasteiger partial charge in [-0.25, -0.2) is 15.0 Å². The molecule has 0 saturated carbocycles. The van der Waals surface area contributed by atoms with Gasteiger partial charge in [-0.05, 0) is 19.9 Å². The summed E-state index contributed by atoms with van der Waals surface area (Å²) in [5.41, 5.74) is 4.52. The first-order valence-corrected chi connectivity index (χ1v) is 9.03. The van der Waals surface area contributed by atoms with E-state index in [0.717, 1.165) is 33.3 Å². The molecule has 0 saturated heterocycles. The molecular weight excluding hydrogens is 346 g/mol. The Morgan fingerprint density at radius 1 is 1.19 bits per heavy atom. The topological polar surface area (TPSA) is 72.2 Å². The van der Waals surface area contributed by atoms with Crippen molar-refractivity contribution >= 4 is 22.2 Å². The van der Waals surface area contributed by atoms with Crippen LogP contribution in [0.5, 0.6) is 0 Å². The summed E-state index contributed by atoms with van der Waals surface area (Å²) in [5, 5.41) is 2.92. The van der Waals surface area contributed by atoms with Crippen LogP contribution in [0.1, 0.15) is 26.8 Å². The van der Waals surface area contributed by atoms with E-state index in [1.165, 1.54) is 17.7 Å². The summed E-state index contributed by atoms with van der Waals surface area (Å²) in [6.45, 7) is 4.20. The molecule has 0 spiro atoms. The number of benzene rings is 1. The molecule has 6 nitrogen and oxygen atoms in total. The normalized spacial score (nSPS) is 11.0. The lowest BCUT2D eigenvalue weighted by Crippen LogP contribution is -2.23. The number of amides is 1. The third-order valence-electron chi connectivity index (χ3n) is 4.12. The third kappa shape index (κ3) is 3.09. The van der Waals surface area contributed by atoms with Crippen molar-refractivity contribution in [2.75, 3.05) is 0 Å². The van der Waals surface area contributed by atoms with E-state index in [4.69, 9.17) is 0 Å². The predicted molar refractivity (Wildman–Crippen MR) is 101 cm³/mol. The summed E-state index contributed by atoms with van der Waals surface area (Å²) >= 11 is 1.39. The SMILES string of the molecule is Cc1cc(CNC(=O)c2sc3nc(-c4ccccc4)cn3c2C)ncn1. The lowest BCUT2D eigenvalue weighted by atomic mass is 10.2. The van der Waals surface area contributed by atoms with Crippen molar-refractivity contribution in [3.05, 3.63) is 70.9 Å². The van der Waals surface area contributed by atoms with E-state index in [1.807, 2.05) is 60.8 Å². The number of nitrogens with one attached hydrogen (secondary N) is 1. The number of aryl methyl sites for hydroxylation is 2. The van der Waals surface area contributed by atoms with Crippen molar-refractivity contribution in [1.29, 1.82) is 0 Å². The molecule has 7 heteroatoms. The maximum atomic E-state index is 12.6. The van der Waals surface area contributed by atoms with E-state index in [1.54, 1.807) is 0 Å². The highest BCUT2D eigenvalue weighted by Gasteiger charge is 2.18. The van der Waals surface area contributed by atoms with Crippen molar-refractivity contribution in [3.8, 4) is 11.3 Å². The van der Waals surface area contributed by atoms with Crippen LogP contribution in [0.2, 0.25) is 0 Å². The van der Waals surface area contributed by atoms with Crippen LogP contribution in [-0.4, -0.2) is 25.3 Å². The van der Waals surface area contributed by atoms with Crippen molar-refractivity contribution in [3.63, 3.8) is 0 Å². The van der Waals surface area contributed by atoms with E-state index >= 15 is 0 Å². The van der Waals surface area contributed by atoms with Crippen LogP contribution in [0.25, 0.3) is 16.2 Å². The molecule has 0 aliphatic heterocycles. The fourth-order valence-corrected chi connectivity index (χ4v) is 3.79. The van der Waals surface area contributed by atoms with Gasteiger partial charge in [0.2, 0.25) is 0 Å². The maximum Gasteiger partial charge on any atom is 0.263 e. The smallest absolute Gasteiger partial charge is 0.263 e. The minimum Gasteiger partial charge on any atom is -0.346 e. The van der Waals surface area contributed by atoms with Crippen molar-refractivity contribution in [2.24, 2.45) is 0 Å².